The van der Waals surface area contributed by atoms with E-state index in [1.165, 1.54) is 6.92 Å². The SMILES string of the molecule is CC(=O)Oc1cccc(CC2(O)CCCC2c2nc(-c3ccccc3)c(-c3ccccc3)o2)c1. The number of hydrogen-bond acceptors (Lipinski definition) is 5. The molecule has 1 N–H and O–H groups in total. The molecule has 0 saturated heterocycles. The highest BCUT2D eigenvalue weighted by Gasteiger charge is 2.45. The smallest absolute Gasteiger partial charge is 0.308 e. The van der Waals surface area contributed by atoms with Crippen molar-refractivity contribution in [2.24, 2.45) is 0 Å². The maximum absolute atomic E-state index is 11.8. The summed E-state index contributed by atoms with van der Waals surface area (Å²) in [5, 5.41) is 11.8. The van der Waals surface area contributed by atoms with E-state index in [-0.39, 0.29) is 11.9 Å². The van der Waals surface area contributed by atoms with Crippen molar-refractivity contribution >= 4 is 5.97 Å². The van der Waals surface area contributed by atoms with Crippen LogP contribution in [0.4, 0.5) is 0 Å². The zero-order valence-electron chi connectivity index (χ0n) is 19.1. The van der Waals surface area contributed by atoms with Crippen LogP contribution in [0.15, 0.2) is 89.3 Å². The molecule has 1 aliphatic rings. The van der Waals surface area contributed by atoms with Gasteiger partial charge in [-0.1, -0.05) is 72.8 Å². The van der Waals surface area contributed by atoms with Crippen LogP contribution in [0.25, 0.3) is 22.6 Å². The first kappa shape index (κ1) is 22.1. The fourth-order valence-corrected chi connectivity index (χ4v) is 4.92. The highest BCUT2D eigenvalue weighted by Crippen LogP contribution is 2.47. The molecule has 1 fully saturated rings. The Labute approximate surface area is 199 Å². The summed E-state index contributed by atoms with van der Waals surface area (Å²) in [4.78, 5) is 16.3. The van der Waals surface area contributed by atoms with Crippen LogP contribution in [0.2, 0.25) is 0 Å². The van der Waals surface area contributed by atoms with Gasteiger partial charge in [-0.25, -0.2) is 4.98 Å². The average Bonchev–Trinajstić information content (AvgIpc) is 3.44. The molecule has 5 nitrogen and oxygen atoms in total. The molecule has 0 aliphatic heterocycles. The Kier molecular flexibility index (Phi) is 6.03. The molecule has 0 bridgehead atoms. The Morgan fingerprint density at radius 1 is 1.03 bits per heavy atom. The predicted octanol–water partition coefficient (Wildman–Crippen LogP) is 6.18. The summed E-state index contributed by atoms with van der Waals surface area (Å²) in [7, 11) is 0. The van der Waals surface area contributed by atoms with Crippen LogP contribution in [0.3, 0.4) is 0 Å². The van der Waals surface area contributed by atoms with E-state index >= 15 is 0 Å². The van der Waals surface area contributed by atoms with E-state index in [9.17, 15) is 9.90 Å². The second-order valence-corrected chi connectivity index (χ2v) is 8.93. The van der Waals surface area contributed by atoms with E-state index in [4.69, 9.17) is 14.1 Å². The van der Waals surface area contributed by atoms with Crippen LogP contribution in [0.5, 0.6) is 5.75 Å². The van der Waals surface area contributed by atoms with Crippen molar-refractivity contribution in [2.75, 3.05) is 0 Å². The van der Waals surface area contributed by atoms with E-state index < -0.39 is 5.60 Å². The van der Waals surface area contributed by atoms with Gasteiger partial charge in [0, 0.05) is 24.5 Å². The van der Waals surface area contributed by atoms with Gasteiger partial charge in [0.15, 0.2) is 5.76 Å². The lowest BCUT2D eigenvalue weighted by Crippen LogP contribution is -2.34. The van der Waals surface area contributed by atoms with E-state index in [0.717, 1.165) is 35.2 Å². The first-order valence-electron chi connectivity index (χ1n) is 11.6. The van der Waals surface area contributed by atoms with Crippen molar-refractivity contribution < 1.29 is 19.1 Å². The van der Waals surface area contributed by atoms with Crippen molar-refractivity contribution in [1.82, 2.24) is 4.98 Å². The highest BCUT2D eigenvalue weighted by molar-refractivity contribution is 5.76. The number of rotatable bonds is 6. The monoisotopic (exact) mass is 453 g/mol. The number of carbonyl (C=O) groups excluding carboxylic acids is 1. The van der Waals surface area contributed by atoms with Crippen molar-refractivity contribution in [1.29, 1.82) is 0 Å². The second kappa shape index (κ2) is 9.27. The van der Waals surface area contributed by atoms with Crippen LogP contribution in [0.1, 0.15) is 43.6 Å². The molecule has 2 atom stereocenters. The van der Waals surface area contributed by atoms with E-state index in [1.54, 1.807) is 6.07 Å². The molecule has 1 saturated carbocycles. The standard InChI is InChI=1S/C29H27NO4/c1-20(31)33-24-15-8-10-21(18-24)19-29(32)17-9-16-25(29)28-30-26(22-11-4-2-5-12-22)27(34-28)23-13-6-3-7-14-23/h2-8,10-15,18,25,32H,9,16-17,19H2,1H3. The van der Waals surface area contributed by atoms with E-state index in [0.29, 0.717) is 30.2 Å². The highest BCUT2D eigenvalue weighted by atomic mass is 16.5. The topological polar surface area (TPSA) is 72.6 Å². The zero-order valence-corrected chi connectivity index (χ0v) is 19.1. The van der Waals surface area contributed by atoms with Gasteiger partial charge >= 0.3 is 5.97 Å². The lowest BCUT2D eigenvalue weighted by atomic mass is 9.84. The number of carbonyl (C=O) groups is 1. The molecular weight excluding hydrogens is 426 g/mol. The zero-order chi connectivity index (χ0) is 23.5. The van der Waals surface area contributed by atoms with Crippen LogP contribution < -0.4 is 4.74 Å². The lowest BCUT2D eigenvalue weighted by Gasteiger charge is -2.28. The molecule has 2 unspecified atom stereocenters. The second-order valence-electron chi connectivity index (χ2n) is 8.93. The molecule has 3 aromatic carbocycles. The van der Waals surface area contributed by atoms with Gasteiger partial charge in [0.05, 0.1) is 11.5 Å². The van der Waals surface area contributed by atoms with Crippen molar-refractivity contribution in [3.8, 4) is 28.3 Å². The Hall–Kier alpha value is -3.70. The van der Waals surface area contributed by atoms with Crippen LogP contribution in [-0.4, -0.2) is 21.7 Å². The number of hydrogen-bond donors (Lipinski definition) is 1. The summed E-state index contributed by atoms with van der Waals surface area (Å²) in [6.07, 6.45) is 2.76. The van der Waals surface area contributed by atoms with Crippen LogP contribution >= 0.6 is 0 Å². The van der Waals surface area contributed by atoms with Crippen LogP contribution in [-0.2, 0) is 11.2 Å². The fraction of sp³-hybridized carbons (Fsp3) is 0.241. The molecule has 0 radical (unpaired) electrons. The summed E-state index contributed by atoms with van der Waals surface area (Å²) >= 11 is 0. The van der Waals surface area contributed by atoms with Gasteiger partial charge in [-0.3, -0.25) is 4.79 Å². The maximum atomic E-state index is 11.8. The first-order valence-corrected chi connectivity index (χ1v) is 11.6. The van der Waals surface area contributed by atoms with Crippen molar-refractivity contribution in [3.63, 3.8) is 0 Å². The van der Waals surface area contributed by atoms with E-state index in [1.807, 2.05) is 78.9 Å². The fourth-order valence-electron chi connectivity index (χ4n) is 4.92. The number of nitrogens with zero attached hydrogens (tertiary/aromatic N) is 1. The molecule has 1 aromatic heterocycles. The third-order valence-corrected chi connectivity index (χ3v) is 6.45. The summed E-state index contributed by atoms with van der Waals surface area (Å²) < 4.78 is 11.6. The number of aliphatic hydroxyl groups is 1. The molecule has 1 heterocycles. The average molecular weight is 454 g/mol. The van der Waals surface area contributed by atoms with Crippen molar-refractivity contribution in [2.45, 2.75) is 44.1 Å². The Morgan fingerprint density at radius 2 is 1.74 bits per heavy atom. The molecular formula is C29H27NO4. The molecule has 4 aromatic rings. The Bertz CT molecular complexity index is 1230. The number of oxazole rings is 1. The first-order chi connectivity index (χ1) is 16.5. The van der Waals surface area contributed by atoms with E-state index in [2.05, 4.69) is 0 Å². The number of aromatic nitrogens is 1. The maximum Gasteiger partial charge on any atom is 0.308 e. The van der Waals surface area contributed by atoms with Gasteiger partial charge in [0.25, 0.3) is 0 Å². The quantitative estimate of drug-likeness (QED) is 0.279. The van der Waals surface area contributed by atoms with Gasteiger partial charge in [0.1, 0.15) is 11.4 Å². The molecule has 172 valence electrons. The summed E-state index contributed by atoms with van der Waals surface area (Å²) in [6, 6.07) is 27.3. The number of benzene rings is 3. The molecule has 0 amide bonds. The van der Waals surface area contributed by atoms with Gasteiger partial charge in [-0.15, -0.1) is 0 Å². The summed E-state index contributed by atoms with van der Waals surface area (Å²) in [5.41, 5.74) is 2.63. The number of esters is 1. The van der Waals surface area contributed by atoms with Crippen molar-refractivity contribution in [3.05, 3.63) is 96.4 Å². The molecule has 34 heavy (non-hydrogen) atoms. The normalized spacial score (nSPS) is 19.8. The minimum atomic E-state index is -0.998. The molecule has 5 heteroatoms. The minimum Gasteiger partial charge on any atom is -0.440 e. The van der Waals surface area contributed by atoms with Crippen LogP contribution in [0, 0.1) is 0 Å². The summed E-state index contributed by atoms with van der Waals surface area (Å²) in [5.74, 6) is 1.17. The Balaban J connectivity index is 1.50. The third-order valence-electron chi connectivity index (χ3n) is 6.45. The number of ether oxygens (including phenoxy) is 1. The summed E-state index contributed by atoms with van der Waals surface area (Å²) in [6.45, 7) is 1.38. The molecule has 0 spiro atoms. The molecule has 5 rings (SSSR count). The molecule has 1 aliphatic carbocycles. The lowest BCUT2D eigenvalue weighted by molar-refractivity contribution is -0.131. The largest absolute Gasteiger partial charge is 0.440 e. The Morgan fingerprint density at radius 3 is 2.44 bits per heavy atom. The predicted molar refractivity (Wildman–Crippen MR) is 130 cm³/mol. The van der Waals surface area contributed by atoms with Gasteiger partial charge < -0.3 is 14.3 Å². The van der Waals surface area contributed by atoms with Gasteiger partial charge in [-0.05, 0) is 37.0 Å². The van der Waals surface area contributed by atoms with Gasteiger partial charge in [-0.2, -0.15) is 0 Å². The van der Waals surface area contributed by atoms with Gasteiger partial charge in [0.2, 0.25) is 5.89 Å². The minimum absolute atomic E-state index is 0.232. The third kappa shape index (κ3) is 4.52.